The van der Waals surface area contributed by atoms with Crippen LogP contribution in [0.25, 0.3) is 11.2 Å². The number of hydrogen-bond donors (Lipinski definition) is 2. The van der Waals surface area contributed by atoms with Gasteiger partial charge in [-0.25, -0.2) is 15.0 Å². The van der Waals surface area contributed by atoms with Crippen molar-refractivity contribution in [2.45, 2.75) is 20.1 Å². The molecular formula is C16H15N7OS. The summed E-state index contributed by atoms with van der Waals surface area (Å²) in [4.78, 5) is 24.6. The average molecular weight is 353 g/mol. The maximum absolute atomic E-state index is 5.72. The summed E-state index contributed by atoms with van der Waals surface area (Å²) in [5, 5.41) is 6.19. The molecule has 0 aliphatic rings. The van der Waals surface area contributed by atoms with E-state index in [-0.39, 0.29) is 0 Å². The fourth-order valence-electron chi connectivity index (χ4n) is 2.31. The number of nitrogens with one attached hydrogen (secondary N) is 2. The van der Waals surface area contributed by atoms with E-state index in [4.69, 9.17) is 4.74 Å². The van der Waals surface area contributed by atoms with Crippen LogP contribution in [0.5, 0.6) is 6.01 Å². The predicted molar refractivity (Wildman–Crippen MR) is 94.4 cm³/mol. The molecule has 0 bridgehead atoms. The van der Waals surface area contributed by atoms with Crippen molar-refractivity contribution in [3.63, 3.8) is 0 Å². The van der Waals surface area contributed by atoms with Crippen LogP contribution in [-0.4, -0.2) is 29.9 Å². The van der Waals surface area contributed by atoms with Crippen LogP contribution < -0.4 is 10.1 Å². The van der Waals surface area contributed by atoms with Gasteiger partial charge in [0.25, 0.3) is 6.01 Å². The van der Waals surface area contributed by atoms with Crippen LogP contribution in [0.15, 0.2) is 36.1 Å². The van der Waals surface area contributed by atoms with Gasteiger partial charge in [0.05, 0.1) is 6.54 Å². The first-order chi connectivity index (χ1) is 12.3. The van der Waals surface area contributed by atoms with Gasteiger partial charge < -0.3 is 10.1 Å². The molecule has 8 nitrogen and oxygen atoms in total. The van der Waals surface area contributed by atoms with E-state index in [0.717, 1.165) is 10.6 Å². The first kappa shape index (κ1) is 15.5. The molecule has 4 rings (SSSR count). The highest BCUT2D eigenvalue weighted by molar-refractivity contribution is 7.09. The smallest absolute Gasteiger partial charge is 0.296 e. The second-order valence-corrected chi connectivity index (χ2v) is 6.26. The number of thiazole rings is 1. The Balaban J connectivity index is 1.55. The van der Waals surface area contributed by atoms with Crippen molar-refractivity contribution < 1.29 is 4.74 Å². The molecule has 0 radical (unpaired) electrons. The highest BCUT2D eigenvalue weighted by atomic mass is 32.1. The van der Waals surface area contributed by atoms with Crippen molar-refractivity contribution in [3.8, 4) is 6.01 Å². The van der Waals surface area contributed by atoms with Crippen molar-refractivity contribution >= 4 is 28.3 Å². The van der Waals surface area contributed by atoms with E-state index in [1.807, 2.05) is 24.4 Å². The molecule has 0 spiro atoms. The Morgan fingerprint density at radius 1 is 1.16 bits per heavy atom. The van der Waals surface area contributed by atoms with Gasteiger partial charge in [-0.1, -0.05) is 0 Å². The molecular weight excluding hydrogens is 338 g/mol. The molecule has 0 saturated carbocycles. The number of H-pyrrole nitrogens is 1. The number of rotatable bonds is 6. The van der Waals surface area contributed by atoms with Crippen LogP contribution in [0.1, 0.15) is 16.4 Å². The first-order valence-electron chi connectivity index (χ1n) is 7.66. The summed E-state index contributed by atoms with van der Waals surface area (Å²) >= 11 is 1.59. The van der Waals surface area contributed by atoms with Crippen LogP contribution in [0, 0.1) is 6.92 Å². The molecule has 0 aliphatic heterocycles. The van der Waals surface area contributed by atoms with Gasteiger partial charge in [-0.2, -0.15) is 4.98 Å². The molecule has 4 aromatic rings. The number of nitrogens with zero attached hydrogens (tertiary/aromatic N) is 5. The Morgan fingerprint density at radius 3 is 2.84 bits per heavy atom. The molecule has 0 unspecified atom stereocenters. The van der Waals surface area contributed by atoms with Gasteiger partial charge in [-0.05, 0) is 24.6 Å². The van der Waals surface area contributed by atoms with E-state index >= 15 is 0 Å². The van der Waals surface area contributed by atoms with Gasteiger partial charge in [0.1, 0.15) is 17.4 Å². The van der Waals surface area contributed by atoms with Crippen molar-refractivity contribution in [2.24, 2.45) is 0 Å². The van der Waals surface area contributed by atoms with Crippen LogP contribution in [0.2, 0.25) is 0 Å². The SMILES string of the molecule is Cc1nc(NCc2nccs2)c2nc(OCc3ccncc3)[nH]c2n1. The normalized spacial score (nSPS) is 10.9. The van der Waals surface area contributed by atoms with E-state index < -0.39 is 0 Å². The first-order valence-corrected chi connectivity index (χ1v) is 8.54. The summed E-state index contributed by atoms with van der Waals surface area (Å²) in [5.41, 5.74) is 2.30. The molecule has 0 amide bonds. The van der Waals surface area contributed by atoms with Crippen LogP contribution >= 0.6 is 11.3 Å². The fourth-order valence-corrected chi connectivity index (χ4v) is 2.87. The second kappa shape index (κ2) is 6.81. The number of hydrogen-bond acceptors (Lipinski definition) is 8. The molecule has 0 fully saturated rings. The number of pyridine rings is 1. The Hall–Kier alpha value is -3.07. The van der Waals surface area contributed by atoms with Gasteiger partial charge >= 0.3 is 0 Å². The average Bonchev–Trinajstić information content (AvgIpc) is 3.28. The van der Waals surface area contributed by atoms with Crippen molar-refractivity contribution in [3.05, 3.63) is 52.5 Å². The maximum atomic E-state index is 5.72. The molecule has 4 heterocycles. The van der Waals surface area contributed by atoms with Crippen LogP contribution in [0.3, 0.4) is 0 Å². The minimum Gasteiger partial charge on any atom is -0.460 e. The summed E-state index contributed by atoms with van der Waals surface area (Å²) in [5.74, 6) is 1.31. The number of imidazole rings is 1. The highest BCUT2D eigenvalue weighted by Crippen LogP contribution is 2.22. The molecule has 0 atom stereocenters. The number of aryl methyl sites for hydroxylation is 1. The molecule has 25 heavy (non-hydrogen) atoms. The molecule has 4 aromatic heterocycles. The molecule has 2 N–H and O–H groups in total. The lowest BCUT2D eigenvalue weighted by molar-refractivity contribution is 0.284. The number of anilines is 1. The van der Waals surface area contributed by atoms with Gasteiger partial charge in [-0.15, -0.1) is 11.3 Å². The standard InChI is InChI=1S/C16H15N7OS/c1-10-20-14(19-8-12-18-6-7-25-12)13-15(21-10)23-16(22-13)24-9-11-2-4-17-5-3-11/h2-7H,8-9H2,1H3,(H2,19,20,21,22,23). The summed E-state index contributed by atoms with van der Waals surface area (Å²) < 4.78 is 5.72. The Kier molecular flexibility index (Phi) is 4.21. The topological polar surface area (TPSA) is 102 Å². The number of aromatic nitrogens is 6. The van der Waals surface area contributed by atoms with Crippen molar-refractivity contribution in [1.82, 2.24) is 29.9 Å². The third-order valence-electron chi connectivity index (χ3n) is 3.45. The van der Waals surface area contributed by atoms with Gasteiger partial charge in [0.15, 0.2) is 17.0 Å². The minimum absolute atomic E-state index is 0.399. The van der Waals surface area contributed by atoms with Crippen molar-refractivity contribution in [2.75, 3.05) is 5.32 Å². The third kappa shape index (κ3) is 3.56. The second-order valence-electron chi connectivity index (χ2n) is 5.28. The third-order valence-corrected chi connectivity index (χ3v) is 4.23. The van der Waals surface area contributed by atoms with Gasteiger partial charge in [-0.3, -0.25) is 9.97 Å². The quantitative estimate of drug-likeness (QED) is 0.549. The summed E-state index contributed by atoms with van der Waals surface area (Å²) in [7, 11) is 0. The molecule has 0 aliphatic carbocycles. The van der Waals surface area contributed by atoms with E-state index in [1.165, 1.54) is 0 Å². The molecule has 0 aromatic carbocycles. The van der Waals surface area contributed by atoms with Crippen LogP contribution in [0.4, 0.5) is 5.82 Å². The van der Waals surface area contributed by atoms with E-state index in [1.54, 1.807) is 29.9 Å². The highest BCUT2D eigenvalue weighted by Gasteiger charge is 2.13. The lowest BCUT2D eigenvalue weighted by Crippen LogP contribution is -2.03. The minimum atomic E-state index is 0.399. The Morgan fingerprint density at radius 2 is 2.04 bits per heavy atom. The number of fused-ring (bicyclic) bond motifs is 1. The number of aromatic amines is 1. The number of ether oxygens (including phenoxy) is 1. The lowest BCUT2D eigenvalue weighted by Gasteiger charge is -2.04. The summed E-state index contributed by atoms with van der Waals surface area (Å²) in [6.45, 7) is 2.83. The largest absolute Gasteiger partial charge is 0.460 e. The maximum Gasteiger partial charge on any atom is 0.296 e. The Labute approximate surface area is 147 Å². The Bertz CT molecular complexity index is 969. The van der Waals surface area contributed by atoms with E-state index in [9.17, 15) is 0 Å². The predicted octanol–water partition coefficient (Wildman–Crippen LogP) is 2.70. The van der Waals surface area contributed by atoms with Gasteiger partial charge in [0, 0.05) is 24.0 Å². The molecule has 0 saturated heterocycles. The zero-order valence-electron chi connectivity index (χ0n) is 13.4. The lowest BCUT2D eigenvalue weighted by atomic mass is 10.3. The zero-order valence-corrected chi connectivity index (χ0v) is 14.2. The van der Waals surface area contributed by atoms with E-state index in [2.05, 4.69) is 35.2 Å². The van der Waals surface area contributed by atoms with Crippen LogP contribution in [-0.2, 0) is 13.2 Å². The summed E-state index contributed by atoms with van der Waals surface area (Å²) in [6, 6.07) is 4.20. The fraction of sp³-hybridized carbons (Fsp3) is 0.188. The van der Waals surface area contributed by atoms with Crippen molar-refractivity contribution in [1.29, 1.82) is 0 Å². The van der Waals surface area contributed by atoms with Gasteiger partial charge in [0.2, 0.25) is 0 Å². The summed E-state index contributed by atoms with van der Waals surface area (Å²) in [6.07, 6.45) is 5.24. The van der Waals surface area contributed by atoms with E-state index in [0.29, 0.717) is 42.0 Å². The molecule has 9 heteroatoms. The zero-order chi connectivity index (χ0) is 17.1. The monoisotopic (exact) mass is 353 g/mol. The molecule has 126 valence electrons.